The van der Waals surface area contributed by atoms with Crippen molar-refractivity contribution in [2.75, 3.05) is 0 Å². The minimum atomic E-state index is 0.884. The minimum absolute atomic E-state index is 0.884. The van der Waals surface area contributed by atoms with Crippen LogP contribution in [-0.2, 0) is 6.42 Å². The highest BCUT2D eigenvalue weighted by molar-refractivity contribution is 8.08. The summed E-state index contributed by atoms with van der Waals surface area (Å²) in [5.41, 5.74) is 15.9. The Kier molecular flexibility index (Phi) is 12.3. The van der Waals surface area contributed by atoms with E-state index in [-0.39, 0.29) is 0 Å². The van der Waals surface area contributed by atoms with Crippen molar-refractivity contribution < 1.29 is 0 Å². The lowest BCUT2D eigenvalue weighted by Crippen LogP contribution is -2.03. The summed E-state index contributed by atoms with van der Waals surface area (Å²) in [5, 5.41) is 7.30. The summed E-state index contributed by atoms with van der Waals surface area (Å²) in [5.74, 6) is 0. The number of para-hydroxylation sites is 1. The fourth-order valence-electron chi connectivity index (χ4n) is 7.75. The molecule has 56 heavy (non-hydrogen) atoms. The van der Waals surface area contributed by atoms with Crippen molar-refractivity contribution >= 4 is 38.6 Å². The number of benzene rings is 6. The Morgan fingerprint density at radius 2 is 1.36 bits per heavy atom. The van der Waals surface area contributed by atoms with Crippen molar-refractivity contribution in [1.29, 1.82) is 0 Å². The van der Waals surface area contributed by atoms with Crippen LogP contribution < -0.4 is 5.32 Å². The lowest BCUT2D eigenvalue weighted by atomic mass is 9.86. The summed E-state index contributed by atoms with van der Waals surface area (Å²) >= 11 is 1.81. The molecule has 0 saturated carbocycles. The van der Waals surface area contributed by atoms with E-state index in [2.05, 4.69) is 195 Å². The third-order valence-corrected chi connectivity index (χ3v) is 11.3. The van der Waals surface area contributed by atoms with E-state index in [4.69, 9.17) is 0 Å². The monoisotopic (exact) mass is 746 g/mol. The van der Waals surface area contributed by atoms with Gasteiger partial charge in [-0.25, -0.2) is 0 Å². The molecule has 6 aromatic carbocycles. The molecule has 0 radical (unpaired) electrons. The molecule has 0 aliphatic heterocycles. The van der Waals surface area contributed by atoms with Crippen molar-refractivity contribution in [2.45, 2.75) is 52.4 Å². The molecule has 3 heteroatoms. The third kappa shape index (κ3) is 8.01. The van der Waals surface area contributed by atoms with E-state index in [9.17, 15) is 0 Å². The predicted octanol–water partition coefficient (Wildman–Crippen LogP) is 14.8. The summed E-state index contributed by atoms with van der Waals surface area (Å²) in [6.45, 7) is 10.7. The van der Waals surface area contributed by atoms with Crippen LogP contribution >= 0.6 is 11.8 Å². The normalized spacial score (nSPS) is 13.0. The Morgan fingerprint density at radius 1 is 0.679 bits per heavy atom. The molecule has 1 N–H and O–H groups in total. The van der Waals surface area contributed by atoms with Crippen LogP contribution in [0.4, 0.5) is 0 Å². The minimum Gasteiger partial charge on any atom is -0.365 e. The van der Waals surface area contributed by atoms with Crippen LogP contribution in [0, 0.1) is 20.8 Å². The number of rotatable bonds is 7. The molecule has 0 amide bonds. The quantitative estimate of drug-likeness (QED) is 0.129. The smallest absolute Gasteiger partial charge is 0.0847 e. The van der Waals surface area contributed by atoms with Gasteiger partial charge in [-0.3, -0.25) is 0 Å². The molecule has 1 aromatic heterocycles. The number of allylic oxidation sites excluding steroid dienone is 7. The maximum Gasteiger partial charge on any atom is 0.0847 e. The molecule has 1 heterocycles. The Balaban J connectivity index is 0.000000478. The van der Waals surface area contributed by atoms with E-state index in [1.54, 1.807) is 0 Å². The number of fused-ring (bicyclic) bond motifs is 7. The van der Waals surface area contributed by atoms with Crippen LogP contribution in [0.5, 0.6) is 0 Å². The third-order valence-electron chi connectivity index (χ3n) is 10.3. The van der Waals surface area contributed by atoms with Crippen LogP contribution in [0.15, 0.2) is 193 Å². The van der Waals surface area contributed by atoms with E-state index < -0.39 is 0 Å². The number of nitrogens with one attached hydrogen (secondary N) is 1. The molecule has 9 rings (SSSR count). The molecule has 278 valence electrons. The second-order valence-electron chi connectivity index (χ2n) is 13.9. The highest BCUT2D eigenvalue weighted by Gasteiger charge is 2.31. The number of thioether (sulfide) groups is 1. The van der Waals surface area contributed by atoms with E-state index in [1.165, 1.54) is 82.5 Å². The molecule has 0 spiro atoms. The molecular formula is C53H50N2S. The predicted molar refractivity (Wildman–Crippen MR) is 245 cm³/mol. The van der Waals surface area contributed by atoms with Crippen molar-refractivity contribution in [3.05, 3.63) is 216 Å². The average Bonchev–Trinajstić information content (AvgIpc) is 3.67. The molecule has 0 saturated heterocycles. The zero-order valence-electron chi connectivity index (χ0n) is 33.1. The first-order chi connectivity index (χ1) is 27.6. The summed E-state index contributed by atoms with van der Waals surface area (Å²) < 4.78 is 2.53. The molecule has 0 fully saturated rings. The number of hydrogen-bond acceptors (Lipinski definition) is 2. The molecule has 2 aliphatic carbocycles. The molecule has 0 atom stereocenters. The van der Waals surface area contributed by atoms with Gasteiger partial charge in [-0.05, 0) is 102 Å². The van der Waals surface area contributed by atoms with Crippen LogP contribution in [-0.4, -0.2) is 4.57 Å². The van der Waals surface area contributed by atoms with Gasteiger partial charge in [0.2, 0.25) is 0 Å². The number of nitrogens with zero attached hydrogens (tertiary/aromatic N) is 1. The Bertz CT molecular complexity index is 2620. The van der Waals surface area contributed by atoms with E-state index in [1.807, 2.05) is 43.8 Å². The van der Waals surface area contributed by atoms with Gasteiger partial charge in [0.05, 0.1) is 16.1 Å². The molecule has 0 bridgehead atoms. The van der Waals surface area contributed by atoms with E-state index >= 15 is 0 Å². The summed E-state index contributed by atoms with van der Waals surface area (Å²) in [6.07, 6.45) is 18.8. The van der Waals surface area contributed by atoms with Gasteiger partial charge >= 0.3 is 0 Å². The number of aromatic nitrogens is 1. The molecule has 2 aliphatic rings. The second-order valence-corrected chi connectivity index (χ2v) is 15.0. The Labute approximate surface area is 337 Å². The SMILES string of the molecule is CC.Cc1ccccc1.Cc1ccccc1-c1c2c(c3c(c1C)c1ccccc1n3/C(=C/C=C/NC1=CC=CC=CC1)Sc1ccccc1)Cc1ccccc1-2. The largest absolute Gasteiger partial charge is 0.365 e. The van der Waals surface area contributed by atoms with Crippen molar-refractivity contribution in [3.8, 4) is 22.3 Å². The highest BCUT2D eigenvalue weighted by Crippen LogP contribution is 2.52. The zero-order valence-corrected chi connectivity index (χ0v) is 33.9. The number of aryl methyl sites for hydroxylation is 3. The van der Waals surface area contributed by atoms with Gasteiger partial charge in [-0.15, -0.1) is 0 Å². The van der Waals surface area contributed by atoms with Gasteiger partial charge in [-0.1, -0.05) is 171 Å². The first-order valence-corrected chi connectivity index (χ1v) is 20.5. The lowest BCUT2D eigenvalue weighted by molar-refractivity contribution is 0.996. The molecule has 2 nitrogen and oxygen atoms in total. The van der Waals surface area contributed by atoms with Gasteiger partial charge < -0.3 is 9.88 Å². The molecular weight excluding hydrogens is 697 g/mol. The van der Waals surface area contributed by atoms with E-state index in [0.29, 0.717) is 0 Å². The second kappa shape index (κ2) is 18.1. The van der Waals surface area contributed by atoms with Gasteiger partial charge in [0.25, 0.3) is 0 Å². The van der Waals surface area contributed by atoms with Crippen molar-refractivity contribution in [2.24, 2.45) is 0 Å². The highest BCUT2D eigenvalue weighted by atomic mass is 32.2. The summed E-state index contributed by atoms with van der Waals surface area (Å²) in [6, 6.07) is 47.8. The van der Waals surface area contributed by atoms with Crippen LogP contribution in [0.25, 0.3) is 49.1 Å². The maximum absolute atomic E-state index is 3.51. The van der Waals surface area contributed by atoms with Gasteiger partial charge in [0.15, 0.2) is 0 Å². The van der Waals surface area contributed by atoms with Crippen LogP contribution in [0.2, 0.25) is 0 Å². The first kappa shape index (κ1) is 38.3. The maximum atomic E-state index is 3.51. The number of hydrogen-bond donors (Lipinski definition) is 1. The Morgan fingerprint density at radius 3 is 2.11 bits per heavy atom. The standard InChI is InChI=1S/C44H36N2S.C7H8.C2H6/c1-30-17-10-12-23-35(30)41-31(2)42-37-25-14-15-26-39(37)46(44(42)38-29-32-18-11-13-24-36(32)43(38)41)40(47-34-21-8-5-9-22-34)27-16-28-45-33-19-6-3-4-7-20-33;1-7-5-3-2-4-6-7;1-2/h3-19,21-28,45H,20,29H2,1-2H3;2-6H,1H3;1-2H3/b28-16+,40-27-;;. The van der Waals surface area contributed by atoms with Crippen LogP contribution in [0.1, 0.15) is 48.1 Å². The lowest BCUT2D eigenvalue weighted by Gasteiger charge is -2.20. The van der Waals surface area contributed by atoms with E-state index in [0.717, 1.165) is 17.9 Å². The van der Waals surface area contributed by atoms with Gasteiger partial charge in [0.1, 0.15) is 0 Å². The topological polar surface area (TPSA) is 17.0 Å². The molecule has 0 unspecified atom stereocenters. The summed E-state index contributed by atoms with van der Waals surface area (Å²) in [7, 11) is 0. The summed E-state index contributed by atoms with van der Waals surface area (Å²) in [4.78, 5) is 1.21. The fourth-order valence-corrected chi connectivity index (χ4v) is 8.71. The van der Waals surface area contributed by atoms with Crippen LogP contribution in [0.3, 0.4) is 0 Å². The fraction of sp³-hybridized carbons (Fsp3) is 0.132. The molecule has 7 aromatic rings. The van der Waals surface area contributed by atoms with Crippen molar-refractivity contribution in [3.63, 3.8) is 0 Å². The van der Waals surface area contributed by atoms with Gasteiger partial charge in [0, 0.05) is 40.4 Å². The zero-order chi connectivity index (χ0) is 38.9. The van der Waals surface area contributed by atoms with Gasteiger partial charge in [-0.2, -0.15) is 0 Å². The average molecular weight is 747 g/mol. The first-order valence-electron chi connectivity index (χ1n) is 19.7. The Hall–Kier alpha value is -6.03. The van der Waals surface area contributed by atoms with Crippen molar-refractivity contribution in [1.82, 2.24) is 9.88 Å².